The van der Waals surface area contributed by atoms with Crippen molar-refractivity contribution in [1.29, 1.82) is 0 Å². The van der Waals surface area contributed by atoms with Crippen LogP contribution in [0.3, 0.4) is 0 Å². The number of nitrogens with zero attached hydrogens (tertiary/aromatic N) is 3. The average Bonchev–Trinajstić information content (AvgIpc) is 2.89. The number of rotatable bonds is 7. The molecular formula is C26H39Cl2N3O7S. The quantitative estimate of drug-likeness (QED) is 0.264. The summed E-state index contributed by atoms with van der Waals surface area (Å²) in [6.07, 6.45) is 7.04. The first-order valence-corrected chi connectivity index (χ1v) is 14.9. The topological polar surface area (TPSA) is 152 Å². The van der Waals surface area contributed by atoms with E-state index in [0.717, 1.165) is 41.9 Å². The maximum absolute atomic E-state index is 9.40. The van der Waals surface area contributed by atoms with Gasteiger partial charge < -0.3 is 24.8 Å². The first kappa shape index (κ1) is 38.6. The molecule has 0 radical (unpaired) electrons. The van der Waals surface area contributed by atoms with Crippen molar-refractivity contribution in [3.05, 3.63) is 76.8 Å². The standard InChI is InChI=1S/C9H13NO.C8H11NO2.C6H6ClN.C2H6O2.CH3ClO2S/c1-3-7-11-9-8(2)5-4-6-10-9;1-7-3-2-4-9-8(7)11-6-5-10;1-5-3-2-4-8-6(5)7;3-1-2-4;1-5(2,3)4/h4-6H,3,7H2,1-2H3;2-4,10H,5-6H2,1H3;2-4H,1H3;3-4H,1-2H2;1H3. The molecule has 0 saturated carbocycles. The normalized spacial score (nSPS) is 9.59. The van der Waals surface area contributed by atoms with Gasteiger partial charge in [0.25, 0.3) is 0 Å². The molecule has 0 aromatic carbocycles. The second-order valence-corrected chi connectivity index (χ2v) is 10.8. The second kappa shape index (κ2) is 24.5. The van der Waals surface area contributed by atoms with Crippen molar-refractivity contribution in [1.82, 2.24) is 15.0 Å². The summed E-state index contributed by atoms with van der Waals surface area (Å²) < 4.78 is 29.3. The van der Waals surface area contributed by atoms with E-state index < -0.39 is 9.05 Å². The van der Waals surface area contributed by atoms with Gasteiger partial charge in [0.05, 0.1) is 32.7 Å². The number of aromatic nitrogens is 3. The van der Waals surface area contributed by atoms with E-state index in [1.807, 2.05) is 57.2 Å². The SMILES string of the molecule is CCCOc1ncccc1C.CS(=O)(=O)Cl.Cc1cccnc1Cl.Cc1cccnc1OCCO.OCCO. The van der Waals surface area contributed by atoms with E-state index in [4.69, 9.17) is 36.4 Å². The largest absolute Gasteiger partial charge is 0.477 e. The van der Waals surface area contributed by atoms with Crippen molar-refractivity contribution < 1.29 is 33.2 Å². The van der Waals surface area contributed by atoms with E-state index in [2.05, 4.69) is 32.6 Å². The summed E-state index contributed by atoms with van der Waals surface area (Å²) in [5, 5.41) is 24.3. The Morgan fingerprint density at radius 1 is 0.744 bits per heavy atom. The summed E-state index contributed by atoms with van der Waals surface area (Å²) in [7, 11) is 1.31. The molecule has 3 rings (SSSR count). The molecule has 0 unspecified atom stereocenters. The molecular weight excluding hydrogens is 569 g/mol. The Kier molecular flexibility index (Phi) is 24.2. The lowest BCUT2D eigenvalue weighted by atomic mass is 10.3. The molecule has 0 spiro atoms. The molecule has 39 heavy (non-hydrogen) atoms. The van der Waals surface area contributed by atoms with Crippen LogP contribution in [0.2, 0.25) is 5.15 Å². The Morgan fingerprint density at radius 3 is 1.41 bits per heavy atom. The fraction of sp³-hybridized carbons (Fsp3) is 0.423. The number of aliphatic hydroxyl groups is 3. The minimum absolute atomic E-state index is 0.0238. The van der Waals surface area contributed by atoms with Crippen LogP contribution in [-0.4, -0.2) is 78.0 Å². The fourth-order valence-electron chi connectivity index (χ4n) is 2.05. The molecule has 0 aliphatic heterocycles. The van der Waals surface area contributed by atoms with E-state index >= 15 is 0 Å². The van der Waals surface area contributed by atoms with Crippen LogP contribution in [0, 0.1) is 20.8 Å². The molecule has 220 valence electrons. The zero-order chi connectivity index (χ0) is 30.1. The summed E-state index contributed by atoms with van der Waals surface area (Å²) in [4.78, 5) is 11.9. The van der Waals surface area contributed by atoms with Crippen LogP contribution in [0.15, 0.2) is 55.0 Å². The second-order valence-electron chi connectivity index (χ2n) is 7.41. The molecule has 0 aliphatic carbocycles. The monoisotopic (exact) mass is 607 g/mol. The van der Waals surface area contributed by atoms with Gasteiger partial charge in [0.1, 0.15) is 11.8 Å². The number of aliphatic hydroxyl groups excluding tert-OH is 3. The molecule has 3 N–H and O–H groups in total. The molecule has 0 fully saturated rings. The summed E-state index contributed by atoms with van der Waals surface area (Å²) in [6, 6.07) is 11.5. The Balaban J connectivity index is 0. The molecule has 3 aromatic heterocycles. The van der Waals surface area contributed by atoms with Crippen LogP contribution in [0.5, 0.6) is 11.8 Å². The number of halogens is 2. The van der Waals surface area contributed by atoms with Crippen LogP contribution in [0.25, 0.3) is 0 Å². The summed E-state index contributed by atoms with van der Waals surface area (Å²) in [5.74, 6) is 1.36. The van der Waals surface area contributed by atoms with Gasteiger partial charge in [-0.1, -0.05) is 36.7 Å². The number of aryl methyl sites for hydroxylation is 3. The maximum Gasteiger partial charge on any atom is 0.229 e. The van der Waals surface area contributed by atoms with E-state index in [1.54, 1.807) is 18.6 Å². The Hall–Kier alpha value is -2.54. The molecule has 3 aromatic rings. The van der Waals surface area contributed by atoms with Crippen LogP contribution in [0.4, 0.5) is 0 Å². The van der Waals surface area contributed by atoms with E-state index in [-0.39, 0.29) is 19.8 Å². The highest BCUT2D eigenvalue weighted by molar-refractivity contribution is 8.13. The van der Waals surface area contributed by atoms with Crippen LogP contribution in [-0.2, 0) is 9.05 Å². The van der Waals surface area contributed by atoms with Crippen molar-refractivity contribution in [3.8, 4) is 11.8 Å². The van der Waals surface area contributed by atoms with Crippen molar-refractivity contribution in [2.24, 2.45) is 0 Å². The Bertz CT molecular complexity index is 1040. The van der Waals surface area contributed by atoms with Gasteiger partial charge in [-0.3, -0.25) is 0 Å². The lowest BCUT2D eigenvalue weighted by Gasteiger charge is -2.04. The lowest BCUT2D eigenvalue weighted by Crippen LogP contribution is -2.03. The van der Waals surface area contributed by atoms with Crippen molar-refractivity contribution in [2.45, 2.75) is 34.1 Å². The van der Waals surface area contributed by atoms with Gasteiger partial charge in [0, 0.05) is 40.4 Å². The zero-order valence-corrected chi connectivity index (χ0v) is 25.2. The first-order chi connectivity index (χ1) is 18.4. The highest BCUT2D eigenvalue weighted by Gasteiger charge is 1.97. The summed E-state index contributed by atoms with van der Waals surface area (Å²) >= 11 is 5.60. The molecule has 0 atom stereocenters. The van der Waals surface area contributed by atoms with E-state index in [1.165, 1.54) is 0 Å². The molecule has 0 amide bonds. The number of pyridine rings is 3. The molecule has 10 nitrogen and oxygen atoms in total. The average molecular weight is 609 g/mol. The highest BCUT2D eigenvalue weighted by atomic mass is 35.7. The van der Waals surface area contributed by atoms with Gasteiger partial charge in [-0.25, -0.2) is 23.4 Å². The van der Waals surface area contributed by atoms with E-state index in [9.17, 15) is 8.42 Å². The van der Waals surface area contributed by atoms with E-state index in [0.29, 0.717) is 17.6 Å². The number of hydrogen-bond acceptors (Lipinski definition) is 10. The molecule has 0 saturated heterocycles. The third-order valence-corrected chi connectivity index (χ3v) is 4.14. The number of ether oxygens (including phenoxy) is 2. The first-order valence-electron chi connectivity index (χ1n) is 11.8. The summed E-state index contributed by atoms with van der Waals surface area (Å²) in [5.41, 5.74) is 3.11. The van der Waals surface area contributed by atoms with Crippen molar-refractivity contribution >= 4 is 31.3 Å². The van der Waals surface area contributed by atoms with Crippen molar-refractivity contribution in [3.63, 3.8) is 0 Å². The third-order valence-electron chi connectivity index (χ3n) is 3.74. The smallest absolute Gasteiger partial charge is 0.229 e. The minimum Gasteiger partial charge on any atom is -0.477 e. The summed E-state index contributed by atoms with van der Waals surface area (Å²) in [6.45, 7) is 8.75. The van der Waals surface area contributed by atoms with Gasteiger partial charge in [-0.2, -0.15) is 0 Å². The fourth-order valence-corrected chi connectivity index (χ4v) is 2.17. The lowest BCUT2D eigenvalue weighted by molar-refractivity contribution is 0.186. The predicted octanol–water partition coefficient (Wildman–Crippen LogP) is 4.14. The van der Waals surface area contributed by atoms with Gasteiger partial charge >= 0.3 is 0 Å². The minimum atomic E-state index is -3.19. The zero-order valence-electron chi connectivity index (χ0n) is 22.9. The molecule has 0 aliphatic rings. The third kappa shape index (κ3) is 25.5. The Morgan fingerprint density at radius 2 is 1.13 bits per heavy atom. The number of hydrogen-bond donors (Lipinski definition) is 3. The van der Waals surface area contributed by atoms with Gasteiger partial charge in [0.15, 0.2) is 0 Å². The van der Waals surface area contributed by atoms with Crippen LogP contribution < -0.4 is 9.47 Å². The van der Waals surface area contributed by atoms with Gasteiger partial charge in [-0.05, 0) is 51.0 Å². The van der Waals surface area contributed by atoms with Gasteiger partial charge in [-0.15, -0.1) is 0 Å². The Labute approximate surface area is 241 Å². The van der Waals surface area contributed by atoms with Crippen molar-refractivity contribution in [2.75, 3.05) is 39.3 Å². The van der Waals surface area contributed by atoms with Crippen LogP contribution >= 0.6 is 22.3 Å². The van der Waals surface area contributed by atoms with Crippen LogP contribution in [0.1, 0.15) is 30.0 Å². The molecule has 3 heterocycles. The highest BCUT2D eigenvalue weighted by Crippen LogP contribution is 2.12. The van der Waals surface area contributed by atoms with Gasteiger partial charge in [0.2, 0.25) is 20.8 Å². The molecule has 13 heteroatoms. The molecule has 0 bridgehead atoms. The maximum atomic E-state index is 9.40. The predicted molar refractivity (Wildman–Crippen MR) is 155 cm³/mol.